The Balaban J connectivity index is 2.44. The molecule has 0 bridgehead atoms. The molecule has 0 unspecified atom stereocenters. The number of rotatable bonds is 2. The van der Waals surface area contributed by atoms with Crippen LogP contribution in [-0.4, -0.2) is 0 Å². The lowest BCUT2D eigenvalue weighted by atomic mass is 10.4. The van der Waals surface area contributed by atoms with E-state index in [1.54, 1.807) is 0 Å². The lowest BCUT2D eigenvalue weighted by Gasteiger charge is -2.04. The van der Waals surface area contributed by atoms with Crippen molar-refractivity contribution in [3.05, 3.63) is 54.3 Å². The smallest absolute Gasteiger partial charge is 0.0508 e. The third-order valence-electron chi connectivity index (χ3n) is 2.17. The molecule has 0 aliphatic heterocycles. The first-order valence-electron chi connectivity index (χ1n) is 4.79. The van der Waals surface area contributed by atoms with Crippen LogP contribution in [-0.2, 0) is 9.33 Å². The van der Waals surface area contributed by atoms with Crippen LogP contribution in [0.3, 0.4) is 0 Å². The minimum Gasteiger partial charge on any atom is -0.0508 e. The summed E-state index contributed by atoms with van der Waals surface area (Å²) in [6, 6.07) is 12.4. The zero-order valence-electron chi connectivity index (χ0n) is 8.76. The fourth-order valence-corrected chi connectivity index (χ4v) is 8.49. The maximum Gasteiger partial charge on any atom is 0.246 e. The second-order valence-electron chi connectivity index (χ2n) is 3.41. The van der Waals surface area contributed by atoms with Gasteiger partial charge in [-0.1, -0.05) is 31.9 Å². The SMILES string of the molecule is Brc1ccc([S+](Br)c2ccc(Br)cc2Br)c(Br)c1. The molecule has 0 radical (unpaired) electrons. The average molecular weight is 582 g/mol. The lowest BCUT2D eigenvalue weighted by molar-refractivity contribution is 1.33. The summed E-state index contributed by atoms with van der Waals surface area (Å²) >= 11 is 17.9. The number of halogens is 5. The minimum atomic E-state index is -0.159. The highest BCUT2D eigenvalue weighted by Gasteiger charge is 2.28. The van der Waals surface area contributed by atoms with Crippen LogP contribution in [0.25, 0.3) is 0 Å². The maximum atomic E-state index is 3.78. The van der Waals surface area contributed by atoms with Crippen molar-refractivity contribution in [2.24, 2.45) is 0 Å². The molecule has 0 saturated heterocycles. The molecule has 6 heteroatoms. The molecule has 0 heterocycles. The van der Waals surface area contributed by atoms with Crippen molar-refractivity contribution in [2.45, 2.75) is 9.79 Å². The quantitative estimate of drug-likeness (QED) is 0.333. The van der Waals surface area contributed by atoms with Crippen molar-refractivity contribution >= 4 is 87.9 Å². The summed E-state index contributed by atoms with van der Waals surface area (Å²) in [6.07, 6.45) is 0. The van der Waals surface area contributed by atoms with Crippen LogP contribution in [0.2, 0.25) is 0 Å². The van der Waals surface area contributed by atoms with E-state index in [0.29, 0.717) is 0 Å². The topological polar surface area (TPSA) is 0 Å². The van der Waals surface area contributed by atoms with Crippen molar-refractivity contribution < 1.29 is 0 Å². The van der Waals surface area contributed by atoms with E-state index in [9.17, 15) is 0 Å². The Morgan fingerprint density at radius 2 is 1.06 bits per heavy atom. The van der Waals surface area contributed by atoms with Gasteiger partial charge in [0.1, 0.15) is 9.33 Å². The zero-order valence-corrected chi connectivity index (χ0v) is 17.5. The van der Waals surface area contributed by atoms with Crippen molar-refractivity contribution in [3.8, 4) is 0 Å². The van der Waals surface area contributed by atoms with Crippen LogP contribution in [0.1, 0.15) is 0 Å². The Morgan fingerprint density at radius 1 is 0.667 bits per heavy atom. The standard InChI is InChI=1S/C12H6Br5S/c13-7-1-3-11(9(15)5-7)18(17)12-4-2-8(14)6-10(12)16/h1-6H/q+1. The van der Waals surface area contributed by atoms with Crippen LogP contribution in [0.4, 0.5) is 0 Å². The molecule has 2 rings (SSSR count). The van der Waals surface area contributed by atoms with Crippen molar-refractivity contribution in [1.29, 1.82) is 0 Å². The molecule has 0 fully saturated rings. The molecular weight excluding hydrogens is 576 g/mol. The number of benzene rings is 2. The van der Waals surface area contributed by atoms with Gasteiger partial charge in [-0.25, -0.2) is 0 Å². The first-order chi connectivity index (χ1) is 8.49. The largest absolute Gasteiger partial charge is 0.246 e. The number of hydrogen-bond acceptors (Lipinski definition) is 0. The van der Waals surface area contributed by atoms with Crippen molar-refractivity contribution in [3.63, 3.8) is 0 Å². The van der Waals surface area contributed by atoms with Crippen LogP contribution in [0.5, 0.6) is 0 Å². The van der Waals surface area contributed by atoms with E-state index < -0.39 is 0 Å². The fraction of sp³-hybridized carbons (Fsp3) is 0. The molecule has 0 atom stereocenters. The highest BCUT2D eigenvalue weighted by atomic mass is 79.9. The first-order valence-corrected chi connectivity index (χ1v) is 11.0. The first kappa shape index (κ1) is 15.6. The van der Waals surface area contributed by atoms with Crippen molar-refractivity contribution in [2.75, 3.05) is 0 Å². The van der Waals surface area contributed by atoms with E-state index in [1.807, 2.05) is 12.1 Å². The fourth-order valence-electron chi connectivity index (χ4n) is 1.36. The van der Waals surface area contributed by atoms with Crippen LogP contribution in [0, 0.1) is 0 Å². The molecule has 0 aliphatic carbocycles. The molecule has 18 heavy (non-hydrogen) atoms. The van der Waals surface area contributed by atoms with Gasteiger partial charge in [0.15, 0.2) is 9.79 Å². The van der Waals surface area contributed by atoms with Crippen LogP contribution < -0.4 is 0 Å². The van der Waals surface area contributed by atoms with Gasteiger partial charge in [0.05, 0.1) is 8.95 Å². The second-order valence-corrected chi connectivity index (χ2v) is 10.3. The minimum absolute atomic E-state index is 0.159. The summed E-state index contributed by atoms with van der Waals surface area (Å²) in [5.74, 6) is 0. The molecule has 2 aromatic carbocycles. The molecule has 0 aliphatic rings. The molecule has 0 aromatic heterocycles. The summed E-state index contributed by atoms with van der Waals surface area (Å²) in [5, 5.41) is 0. The Morgan fingerprint density at radius 3 is 1.39 bits per heavy atom. The zero-order chi connectivity index (χ0) is 13.3. The predicted octanol–water partition coefficient (Wildman–Crippen LogP) is 7.08. The van der Waals surface area contributed by atoms with Gasteiger partial charge in [-0.2, -0.15) is 0 Å². The van der Waals surface area contributed by atoms with Gasteiger partial charge in [0.25, 0.3) is 0 Å². The second kappa shape index (κ2) is 6.76. The van der Waals surface area contributed by atoms with Gasteiger partial charge < -0.3 is 0 Å². The monoisotopic (exact) mass is 577 g/mol. The molecule has 2 aromatic rings. The molecule has 0 nitrogen and oxygen atoms in total. The molecule has 94 valence electrons. The highest BCUT2D eigenvalue weighted by Crippen LogP contribution is 2.39. The van der Waals surface area contributed by atoms with E-state index in [-0.39, 0.29) is 9.33 Å². The van der Waals surface area contributed by atoms with Crippen LogP contribution in [0.15, 0.2) is 64.1 Å². The Hall–Kier alpha value is 1.19. The molecule has 0 N–H and O–H groups in total. The Labute approximate surface area is 150 Å². The van der Waals surface area contributed by atoms with Gasteiger partial charge >= 0.3 is 0 Å². The molecule has 0 amide bonds. The Bertz CT molecular complexity index is 533. The maximum absolute atomic E-state index is 3.78. The average Bonchev–Trinajstić information content (AvgIpc) is 2.28. The summed E-state index contributed by atoms with van der Waals surface area (Å²) in [4.78, 5) is 2.45. The van der Waals surface area contributed by atoms with E-state index in [4.69, 9.17) is 0 Å². The summed E-state index contributed by atoms with van der Waals surface area (Å²) in [5.41, 5.74) is 0. The van der Waals surface area contributed by atoms with Gasteiger partial charge in [-0.05, 0) is 68.3 Å². The van der Waals surface area contributed by atoms with Crippen LogP contribution >= 0.6 is 78.5 Å². The highest BCUT2D eigenvalue weighted by molar-refractivity contribution is 9.48. The van der Waals surface area contributed by atoms with Gasteiger partial charge in [-0.15, -0.1) is 0 Å². The summed E-state index contributed by atoms with van der Waals surface area (Å²) in [7, 11) is -0.159. The third kappa shape index (κ3) is 3.64. The predicted molar refractivity (Wildman–Crippen MR) is 96.5 cm³/mol. The summed E-state index contributed by atoms with van der Waals surface area (Å²) in [6.45, 7) is 0. The number of hydrogen-bond donors (Lipinski definition) is 0. The Kier molecular flexibility index (Phi) is 5.85. The lowest BCUT2D eigenvalue weighted by Crippen LogP contribution is -1.96. The normalized spacial score (nSPS) is 11.0. The molecular formula is C12H6Br5S+. The molecule has 0 saturated carbocycles. The summed E-state index contributed by atoms with van der Waals surface area (Å²) < 4.78 is 4.31. The van der Waals surface area contributed by atoms with E-state index in [2.05, 4.69) is 103 Å². The van der Waals surface area contributed by atoms with E-state index in [1.165, 1.54) is 9.79 Å². The van der Waals surface area contributed by atoms with E-state index in [0.717, 1.165) is 17.9 Å². The van der Waals surface area contributed by atoms with Gasteiger partial charge in [0.2, 0.25) is 14.8 Å². The van der Waals surface area contributed by atoms with Crippen molar-refractivity contribution in [1.82, 2.24) is 0 Å². The van der Waals surface area contributed by atoms with Gasteiger partial charge in [-0.3, -0.25) is 0 Å². The third-order valence-corrected chi connectivity index (χ3v) is 8.57. The van der Waals surface area contributed by atoms with Gasteiger partial charge in [0, 0.05) is 8.95 Å². The molecule has 0 spiro atoms. The van der Waals surface area contributed by atoms with E-state index >= 15 is 0 Å².